The molecule has 21 heavy (non-hydrogen) atoms. The minimum Gasteiger partial charge on any atom is -0.486 e. The van der Waals surface area contributed by atoms with Gasteiger partial charge in [-0.25, -0.2) is 0 Å². The van der Waals surface area contributed by atoms with Gasteiger partial charge >= 0.3 is 5.69 Å². The molecule has 1 aromatic carbocycles. The van der Waals surface area contributed by atoms with Crippen molar-refractivity contribution in [1.29, 1.82) is 0 Å². The van der Waals surface area contributed by atoms with Gasteiger partial charge in [0.15, 0.2) is 5.75 Å². The van der Waals surface area contributed by atoms with Crippen molar-refractivity contribution in [3.63, 3.8) is 0 Å². The molecule has 0 fully saturated rings. The Morgan fingerprint density at radius 2 is 1.62 bits per heavy atom. The van der Waals surface area contributed by atoms with Crippen molar-refractivity contribution >= 4 is 11.4 Å². The maximum atomic E-state index is 10.9. The van der Waals surface area contributed by atoms with E-state index in [2.05, 4.69) is 0 Å². The maximum Gasteiger partial charge on any atom is 0.317 e. The third kappa shape index (κ3) is 3.84. The van der Waals surface area contributed by atoms with Gasteiger partial charge < -0.3 is 20.1 Å². The first kappa shape index (κ1) is 16.8. The van der Waals surface area contributed by atoms with Gasteiger partial charge in [-0.1, -0.05) is 0 Å². The van der Waals surface area contributed by atoms with Gasteiger partial charge in [-0.2, -0.15) is 0 Å². The Labute approximate surface area is 118 Å². The number of hydrogen-bond donors (Lipinski definition) is 3. The van der Waals surface area contributed by atoms with Crippen LogP contribution in [-0.4, -0.2) is 51.6 Å². The molecule has 0 heterocycles. The predicted octanol–water partition coefficient (Wildman–Crippen LogP) is -0.155. The van der Waals surface area contributed by atoms with E-state index in [1.54, 1.807) is 0 Å². The molecule has 0 spiro atoms. The molecule has 0 unspecified atom stereocenters. The van der Waals surface area contributed by atoms with Crippen LogP contribution in [0.4, 0.5) is 11.4 Å². The maximum absolute atomic E-state index is 10.9. The first-order valence-electron chi connectivity index (χ1n) is 5.77. The lowest BCUT2D eigenvalue weighted by atomic mass is 9.92. The molecule has 0 aromatic heterocycles. The minimum atomic E-state index is -1.37. The number of aliphatic hydroxyl groups is 3. The predicted molar refractivity (Wildman–Crippen MR) is 68.9 cm³/mol. The van der Waals surface area contributed by atoms with E-state index >= 15 is 0 Å². The summed E-state index contributed by atoms with van der Waals surface area (Å²) in [7, 11) is 0. The summed E-state index contributed by atoms with van der Waals surface area (Å²) >= 11 is 0. The molecular formula is C11H14N2O8. The second kappa shape index (κ2) is 6.92. The van der Waals surface area contributed by atoms with Gasteiger partial charge in [-0.15, -0.1) is 0 Å². The van der Waals surface area contributed by atoms with Gasteiger partial charge in [0.05, 0.1) is 41.1 Å². The van der Waals surface area contributed by atoms with E-state index in [-0.39, 0.29) is 5.75 Å². The first-order valence-corrected chi connectivity index (χ1v) is 5.77. The molecular weight excluding hydrogens is 288 g/mol. The van der Waals surface area contributed by atoms with E-state index in [1.807, 2.05) is 0 Å². The van der Waals surface area contributed by atoms with Crippen LogP contribution in [0, 0.1) is 25.6 Å². The lowest BCUT2D eigenvalue weighted by Gasteiger charge is -2.26. The average molecular weight is 302 g/mol. The topological polar surface area (TPSA) is 156 Å². The van der Waals surface area contributed by atoms with Crippen molar-refractivity contribution in [3.8, 4) is 5.75 Å². The molecule has 0 aliphatic carbocycles. The molecule has 1 aromatic rings. The molecule has 0 aliphatic heterocycles. The Morgan fingerprint density at radius 1 is 1.05 bits per heavy atom. The number of rotatable bonds is 8. The van der Waals surface area contributed by atoms with Gasteiger partial charge in [0.2, 0.25) is 0 Å². The summed E-state index contributed by atoms with van der Waals surface area (Å²) in [4.78, 5) is 19.8. The molecule has 0 aliphatic rings. The SMILES string of the molecule is O=[N+]([O-])c1ccc(OCC(CO)(CO)CO)c([N+](=O)[O-])c1. The summed E-state index contributed by atoms with van der Waals surface area (Å²) in [6.07, 6.45) is 0. The normalized spacial score (nSPS) is 11.2. The van der Waals surface area contributed by atoms with Crippen LogP contribution in [0.1, 0.15) is 0 Å². The van der Waals surface area contributed by atoms with Crippen molar-refractivity contribution in [2.45, 2.75) is 0 Å². The number of nitrogens with zero attached hydrogens (tertiary/aromatic N) is 2. The molecule has 0 amide bonds. The number of nitro groups is 2. The number of non-ortho nitro benzene ring substituents is 1. The third-order valence-electron chi connectivity index (χ3n) is 2.89. The Kier molecular flexibility index (Phi) is 5.52. The van der Waals surface area contributed by atoms with Crippen LogP contribution in [0.15, 0.2) is 18.2 Å². The summed E-state index contributed by atoms with van der Waals surface area (Å²) in [5.41, 5.74) is -2.45. The highest BCUT2D eigenvalue weighted by molar-refractivity contribution is 5.53. The van der Waals surface area contributed by atoms with Crippen LogP contribution in [0.5, 0.6) is 5.75 Å². The molecule has 0 saturated carbocycles. The minimum absolute atomic E-state index is 0.259. The molecule has 0 bridgehead atoms. The van der Waals surface area contributed by atoms with Crippen LogP contribution in [-0.2, 0) is 0 Å². The summed E-state index contributed by atoms with van der Waals surface area (Å²) in [6.45, 7) is -2.18. The second-order valence-electron chi connectivity index (χ2n) is 4.43. The van der Waals surface area contributed by atoms with Crippen LogP contribution in [0.25, 0.3) is 0 Å². The Balaban J connectivity index is 3.03. The fourth-order valence-corrected chi connectivity index (χ4v) is 1.40. The first-order chi connectivity index (χ1) is 9.89. The summed E-state index contributed by atoms with van der Waals surface area (Å²) in [5.74, 6) is -0.259. The molecule has 10 heteroatoms. The molecule has 0 radical (unpaired) electrons. The number of nitro benzene ring substituents is 2. The van der Waals surface area contributed by atoms with E-state index in [4.69, 9.17) is 20.1 Å². The zero-order valence-corrected chi connectivity index (χ0v) is 10.8. The van der Waals surface area contributed by atoms with Crippen molar-refractivity contribution < 1.29 is 29.9 Å². The molecule has 0 saturated heterocycles. The van der Waals surface area contributed by atoms with E-state index < -0.39 is 53.1 Å². The fourth-order valence-electron chi connectivity index (χ4n) is 1.40. The smallest absolute Gasteiger partial charge is 0.317 e. The van der Waals surface area contributed by atoms with Crippen molar-refractivity contribution in [2.24, 2.45) is 5.41 Å². The molecule has 116 valence electrons. The summed E-state index contributed by atoms with van der Waals surface area (Å²) in [5, 5.41) is 48.9. The van der Waals surface area contributed by atoms with E-state index in [1.165, 1.54) is 0 Å². The van der Waals surface area contributed by atoms with Crippen LogP contribution in [0.3, 0.4) is 0 Å². The van der Waals surface area contributed by atoms with Crippen molar-refractivity contribution in [1.82, 2.24) is 0 Å². The molecule has 10 nitrogen and oxygen atoms in total. The van der Waals surface area contributed by atoms with Gasteiger partial charge in [-0.3, -0.25) is 20.2 Å². The van der Waals surface area contributed by atoms with Gasteiger partial charge in [0.25, 0.3) is 5.69 Å². The van der Waals surface area contributed by atoms with Crippen LogP contribution >= 0.6 is 0 Å². The molecule has 1 rings (SSSR count). The quantitative estimate of drug-likeness (QED) is 0.442. The Morgan fingerprint density at radius 3 is 2.05 bits per heavy atom. The number of aliphatic hydroxyl groups excluding tert-OH is 3. The van der Waals surface area contributed by atoms with Crippen LogP contribution < -0.4 is 4.74 Å². The third-order valence-corrected chi connectivity index (χ3v) is 2.89. The highest BCUT2D eigenvalue weighted by Gasteiger charge is 2.31. The van der Waals surface area contributed by atoms with Crippen LogP contribution in [0.2, 0.25) is 0 Å². The van der Waals surface area contributed by atoms with Gasteiger partial charge in [0.1, 0.15) is 6.61 Å². The number of ether oxygens (including phenoxy) is 1. The zero-order valence-electron chi connectivity index (χ0n) is 10.8. The van der Waals surface area contributed by atoms with Gasteiger partial charge in [0, 0.05) is 6.07 Å². The zero-order chi connectivity index (χ0) is 16.0. The number of benzene rings is 1. The highest BCUT2D eigenvalue weighted by atomic mass is 16.6. The summed E-state index contributed by atoms with van der Waals surface area (Å²) in [6, 6.07) is 2.82. The van der Waals surface area contributed by atoms with Crippen molar-refractivity contribution in [3.05, 3.63) is 38.4 Å². The van der Waals surface area contributed by atoms with E-state index in [0.29, 0.717) is 0 Å². The molecule has 3 N–H and O–H groups in total. The van der Waals surface area contributed by atoms with Crippen molar-refractivity contribution in [2.75, 3.05) is 26.4 Å². The highest BCUT2D eigenvalue weighted by Crippen LogP contribution is 2.32. The Hall–Kier alpha value is -2.30. The second-order valence-corrected chi connectivity index (χ2v) is 4.43. The fraction of sp³-hybridized carbons (Fsp3) is 0.455. The lowest BCUT2D eigenvalue weighted by Crippen LogP contribution is -2.39. The Bertz CT molecular complexity index is 521. The molecule has 0 atom stereocenters. The van der Waals surface area contributed by atoms with Gasteiger partial charge in [-0.05, 0) is 6.07 Å². The van der Waals surface area contributed by atoms with E-state index in [9.17, 15) is 20.2 Å². The van der Waals surface area contributed by atoms with E-state index in [0.717, 1.165) is 18.2 Å². The largest absolute Gasteiger partial charge is 0.486 e. The summed E-state index contributed by atoms with van der Waals surface area (Å²) < 4.78 is 5.13. The standard InChI is InChI=1S/C11H14N2O8/c14-4-11(5-15,6-16)7-21-10-2-1-8(12(17)18)3-9(10)13(19)20/h1-3,14-16H,4-7H2. The average Bonchev–Trinajstić information content (AvgIpc) is 2.49. The lowest BCUT2D eigenvalue weighted by molar-refractivity contribution is -0.394. The monoisotopic (exact) mass is 302 g/mol. The number of hydrogen-bond acceptors (Lipinski definition) is 8.